The van der Waals surface area contributed by atoms with Gasteiger partial charge in [-0.05, 0) is 43.5 Å². The molecular formula is C28H29F3N6O. The van der Waals surface area contributed by atoms with Crippen LogP contribution in [0.1, 0.15) is 37.6 Å². The lowest BCUT2D eigenvalue weighted by Gasteiger charge is -2.31. The van der Waals surface area contributed by atoms with Gasteiger partial charge in [0, 0.05) is 24.8 Å². The SMILES string of the molecule is C[C@H](Nc1nccc(-c2cc(N3CCOCC3)nnc2C2=CC(C)(C(F)(F)F)CC=C2)n1)c1ccccc1. The number of aromatic nitrogens is 4. The number of benzene rings is 1. The average Bonchev–Trinajstić information content (AvgIpc) is 2.93. The van der Waals surface area contributed by atoms with Gasteiger partial charge in [0.25, 0.3) is 0 Å². The molecule has 1 saturated heterocycles. The molecule has 2 aliphatic rings. The van der Waals surface area contributed by atoms with Crippen molar-refractivity contribution in [2.75, 3.05) is 36.5 Å². The van der Waals surface area contributed by atoms with Gasteiger partial charge in [0.1, 0.15) is 5.69 Å². The predicted molar refractivity (Wildman–Crippen MR) is 140 cm³/mol. The number of hydrogen-bond acceptors (Lipinski definition) is 7. The summed E-state index contributed by atoms with van der Waals surface area (Å²) in [5.74, 6) is 1.03. The van der Waals surface area contributed by atoms with Gasteiger partial charge in [-0.15, -0.1) is 10.2 Å². The Morgan fingerprint density at radius 2 is 1.84 bits per heavy atom. The van der Waals surface area contributed by atoms with Crippen molar-refractivity contribution in [3.63, 3.8) is 0 Å². The highest BCUT2D eigenvalue weighted by molar-refractivity contribution is 5.84. The smallest absolute Gasteiger partial charge is 0.378 e. The van der Waals surface area contributed by atoms with Crippen LogP contribution >= 0.6 is 0 Å². The molecule has 0 saturated carbocycles. The van der Waals surface area contributed by atoms with E-state index in [0.717, 1.165) is 5.56 Å². The van der Waals surface area contributed by atoms with Crippen molar-refractivity contribution in [2.24, 2.45) is 5.41 Å². The van der Waals surface area contributed by atoms with Crippen LogP contribution in [0, 0.1) is 5.41 Å². The highest BCUT2D eigenvalue weighted by Crippen LogP contribution is 2.47. The first-order valence-corrected chi connectivity index (χ1v) is 12.6. The molecule has 0 spiro atoms. The van der Waals surface area contributed by atoms with Crippen LogP contribution < -0.4 is 10.2 Å². The molecule has 0 bridgehead atoms. The van der Waals surface area contributed by atoms with E-state index >= 15 is 0 Å². The second-order valence-electron chi connectivity index (χ2n) is 9.73. The van der Waals surface area contributed by atoms with Crippen LogP contribution in [0.25, 0.3) is 16.8 Å². The summed E-state index contributed by atoms with van der Waals surface area (Å²) in [5.41, 5.74) is 0.901. The Morgan fingerprint density at radius 3 is 2.58 bits per heavy atom. The summed E-state index contributed by atoms with van der Waals surface area (Å²) in [6.45, 7) is 5.63. The highest BCUT2D eigenvalue weighted by Gasteiger charge is 2.49. The summed E-state index contributed by atoms with van der Waals surface area (Å²) >= 11 is 0. The molecule has 38 heavy (non-hydrogen) atoms. The number of ether oxygens (including phenoxy) is 1. The summed E-state index contributed by atoms with van der Waals surface area (Å²) < 4.78 is 47.1. The van der Waals surface area contributed by atoms with Crippen LogP contribution in [-0.2, 0) is 4.74 Å². The van der Waals surface area contributed by atoms with Gasteiger partial charge < -0.3 is 15.0 Å². The number of halogens is 3. The van der Waals surface area contributed by atoms with E-state index in [1.165, 1.54) is 13.0 Å². The number of nitrogens with zero attached hydrogens (tertiary/aromatic N) is 5. The second-order valence-corrected chi connectivity index (χ2v) is 9.73. The Balaban J connectivity index is 1.56. The number of allylic oxidation sites excluding steroid dienone is 4. The number of alkyl halides is 3. The van der Waals surface area contributed by atoms with Gasteiger partial charge in [0.2, 0.25) is 5.95 Å². The van der Waals surface area contributed by atoms with Crippen LogP contribution in [0.4, 0.5) is 24.9 Å². The fourth-order valence-corrected chi connectivity index (χ4v) is 4.56. The van der Waals surface area contributed by atoms with Crippen molar-refractivity contribution in [1.29, 1.82) is 0 Å². The van der Waals surface area contributed by atoms with E-state index < -0.39 is 11.6 Å². The molecule has 1 unspecified atom stereocenters. The highest BCUT2D eigenvalue weighted by atomic mass is 19.4. The van der Waals surface area contributed by atoms with Gasteiger partial charge in [-0.1, -0.05) is 48.6 Å². The number of hydrogen-bond donors (Lipinski definition) is 1. The summed E-state index contributed by atoms with van der Waals surface area (Å²) in [7, 11) is 0. The molecule has 2 aromatic heterocycles. The lowest BCUT2D eigenvalue weighted by atomic mass is 9.79. The van der Waals surface area contributed by atoms with Gasteiger partial charge in [-0.2, -0.15) is 13.2 Å². The molecule has 0 amide bonds. The minimum atomic E-state index is -4.40. The topological polar surface area (TPSA) is 76.1 Å². The standard InChI is InChI=1S/C28H29F3N6O/c1-19(20-7-4-3-5-8-20)33-26-32-12-10-23(34-26)22-17-24(37-13-15-38-16-14-37)35-36-25(22)21-9-6-11-27(2,18-21)28(29,30)31/h3-10,12,17-19H,11,13-16H2,1-2H3,(H,32,33,34)/t19-,27?/m0/s1. The average molecular weight is 523 g/mol. The van der Waals surface area contributed by atoms with Crippen LogP contribution in [0.5, 0.6) is 0 Å². The first-order chi connectivity index (χ1) is 18.2. The predicted octanol–water partition coefficient (Wildman–Crippen LogP) is 5.86. The van der Waals surface area contributed by atoms with Gasteiger partial charge in [-0.3, -0.25) is 0 Å². The summed E-state index contributed by atoms with van der Waals surface area (Å²) in [6, 6.07) is 13.4. The molecule has 1 fully saturated rings. The Hall–Kier alpha value is -3.79. The minimum absolute atomic E-state index is 0.0538. The largest absolute Gasteiger partial charge is 0.397 e. The number of anilines is 2. The maximum absolute atomic E-state index is 13.9. The third kappa shape index (κ3) is 5.40. The van der Waals surface area contributed by atoms with Crippen LogP contribution in [0.3, 0.4) is 0 Å². The molecule has 3 heterocycles. The fourth-order valence-electron chi connectivity index (χ4n) is 4.56. The first kappa shape index (κ1) is 25.8. The number of nitrogens with one attached hydrogen (secondary N) is 1. The second kappa shape index (κ2) is 10.5. The number of rotatable bonds is 6. The molecule has 7 nitrogen and oxygen atoms in total. The molecule has 2 atom stereocenters. The molecule has 1 aliphatic carbocycles. The Kier molecular flexibility index (Phi) is 7.16. The summed E-state index contributed by atoms with van der Waals surface area (Å²) in [5, 5.41) is 12.1. The maximum atomic E-state index is 13.9. The molecule has 5 rings (SSSR count). The van der Waals surface area contributed by atoms with Crippen molar-refractivity contribution in [2.45, 2.75) is 32.5 Å². The van der Waals surface area contributed by atoms with E-state index in [4.69, 9.17) is 9.72 Å². The van der Waals surface area contributed by atoms with E-state index in [9.17, 15) is 13.2 Å². The quantitative estimate of drug-likeness (QED) is 0.435. The van der Waals surface area contributed by atoms with Gasteiger partial charge in [-0.25, -0.2) is 9.97 Å². The minimum Gasteiger partial charge on any atom is -0.378 e. The normalized spacial score (nSPS) is 20.7. The van der Waals surface area contributed by atoms with Crippen molar-refractivity contribution < 1.29 is 17.9 Å². The Morgan fingerprint density at radius 1 is 1.08 bits per heavy atom. The fraction of sp³-hybridized carbons (Fsp3) is 0.357. The van der Waals surface area contributed by atoms with Crippen molar-refractivity contribution >= 4 is 17.3 Å². The van der Waals surface area contributed by atoms with Crippen LogP contribution in [0.2, 0.25) is 0 Å². The summed E-state index contributed by atoms with van der Waals surface area (Å²) in [4.78, 5) is 11.2. The van der Waals surface area contributed by atoms with Crippen LogP contribution in [-0.4, -0.2) is 52.6 Å². The van der Waals surface area contributed by atoms with E-state index in [-0.39, 0.29) is 12.5 Å². The zero-order valence-electron chi connectivity index (χ0n) is 21.2. The van der Waals surface area contributed by atoms with E-state index in [1.54, 1.807) is 24.4 Å². The number of morpholine rings is 1. The molecule has 1 aliphatic heterocycles. The van der Waals surface area contributed by atoms with Crippen LogP contribution in [0.15, 0.2) is 66.9 Å². The zero-order chi connectivity index (χ0) is 26.8. The molecule has 1 aromatic carbocycles. The Bertz CT molecular complexity index is 1340. The third-order valence-corrected chi connectivity index (χ3v) is 6.93. The monoisotopic (exact) mass is 522 g/mol. The van der Waals surface area contributed by atoms with Gasteiger partial charge in [0.15, 0.2) is 5.82 Å². The van der Waals surface area contributed by atoms with E-state index in [0.29, 0.717) is 60.6 Å². The Labute approximate surface area is 219 Å². The summed E-state index contributed by atoms with van der Waals surface area (Å²) in [6.07, 6.45) is 1.56. The van der Waals surface area contributed by atoms with E-state index in [2.05, 4.69) is 20.5 Å². The van der Waals surface area contributed by atoms with Crippen molar-refractivity contribution in [1.82, 2.24) is 20.2 Å². The molecule has 0 radical (unpaired) electrons. The third-order valence-electron chi connectivity index (χ3n) is 6.93. The maximum Gasteiger partial charge on any atom is 0.397 e. The molecule has 3 aromatic rings. The lowest BCUT2D eigenvalue weighted by Crippen LogP contribution is -2.37. The first-order valence-electron chi connectivity index (χ1n) is 12.6. The zero-order valence-corrected chi connectivity index (χ0v) is 21.2. The molecular weight excluding hydrogens is 493 g/mol. The molecule has 198 valence electrons. The molecule has 10 heteroatoms. The van der Waals surface area contributed by atoms with Gasteiger partial charge in [0.05, 0.1) is 30.4 Å². The van der Waals surface area contributed by atoms with Crippen molar-refractivity contribution in [3.8, 4) is 11.3 Å². The van der Waals surface area contributed by atoms with E-state index in [1.807, 2.05) is 48.2 Å². The van der Waals surface area contributed by atoms with Crippen molar-refractivity contribution in [3.05, 3.63) is 78.1 Å². The lowest BCUT2D eigenvalue weighted by molar-refractivity contribution is -0.198. The molecule has 1 N–H and O–H groups in total. The van der Waals surface area contributed by atoms with Gasteiger partial charge >= 0.3 is 6.18 Å².